The van der Waals surface area contributed by atoms with Crippen LogP contribution in [0.3, 0.4) is 0 Å². The number of anilines is 1. The Balaban J connectivity index is 1.92. The maximum absolute atomic E-state index is 12.4. The van der Waals surface area contributed by atoms with Gasteiger partial charge in [0.2, 0.25) is 5.82 Å². The number of halogens is 1. The second-order valence-corrected chi connectivity index (χ2v) is 5.36. The molecular weight excluding hydrogens is 312 g/mol. The molecule has 1 aromatic heterocycles. The van der Waals surface area contributed by atoms with Gasteiger partial charge >= 0.3 is 0 Å². The molecule has 0 fully saturated rings. The van der Waals surface area contributed by atoms with Crippen molar-refractivity contribution in [1.82, 2.24) is 9.55 Å². The monoisotopic (exact) mass is 326 g/mol. The van der Waals surface area contributed by atoms with Crippen LogP contribution in [-0.2, 0) is 6.54 Å². The van der Waals surface area contributed by atoms with Gasteiger partial charge in [-0.2, -0.15) is 5.10 Å². The standard InChI is InChI=1S/C17H15ClN4O/c1-2-22-15-6-4-3-5-14(15)20-16(17(22)23)21-19-11-12-7-9-13(18)10-8-12/h3-11H,2H2,1H3,(H,20,21)/b19-11+. The Kier molecular flexibility index (Phi) is 4.39. The Morgan fingerprint density at radius 1 is 1.22 bits per heavy atom. The van der Waals surface area contributed by atoms with Crippen molar-refractivity contribution in [3.05, 3.63) is 69.5 Å². The zero-order valence-electron chi connectivity index (χ0n) is 12.5. The van der Waals surface area contributed by atoms with Gasteiger partial charge in [-0.25, -0.2) is 4.98 Å². The normalized spacial score (nSPS) is 11.2. The maximum atomic E-state index is 12.4. The van der Waals surface area contributed by atoms with E-state index in [0.717, 1.165) is 16.6 Å². The first kappa shape index (κ1) is 15.2. The third kappa shape index (κ3) is 3.24. The molecule has 0 aliphatic rings. The molecule has 3 aromatic rings. The van der Waals surface area contributed by atoms with E-state index in [4.69, 9.17) is 11.6 Å². The second kappa shape index (κ2) is 6.62. The van der Waals surface area contributed by atoms with Gasteiger partial charge in [-0.05, 0) is 36.8 Å². The summed E-state index contributed by atoms with van der Waals surface area (Å²) in [6.45, 7) is 2.49. The minimum atomic E-state index is -0.195. The van der Waals surface area contributed by atoms with E-state index in [-0.39, 0.29) is 11.4 Å². The van der Waals surface area contributed by atoms with Crippen molar-refractivity contribution >= 4 is 34.7 Å². The number of aromatic nitrogens is 2. The van der Waals surface area contributed by atoms with Crippen molar-refractivity contribution in [1.29, 1.82) is 0 Å². The molecule has 5 nitrogen and oxygen atoms in total. The second-order valence-electron chi connectivity index (χ2n) is 4.92. The van der Waals surface area contributed by atoms with Crippen molar-refractivity contribution in [2.75, 3.05) is 5.43 Å². The molecule has 23 heavy (non-hydrogen) atoms. The van der Waals surface area contributed by atoms with Gasteiger partial charge in [0.05, 0.1) is 17.2 Å². The fourth-order valence-corrected chi connectivity index (χ4v) is 2.42. The third-order valence-electron chi connectivity index (χ3n) is 3.42. The number of para-hydroxylation sites is 2. The molecular formula is C17H15ClN4O. The van der Waals surface area contributed by atoms with Crippen LogP contribution in [0.25, 0.3) is 11.0 Å². The Morgan fingerprint density at radius 2 is 1.96 bits per heavy atom. The molecule has 1 heterocycles. The molecule has 0 saturated carbocycles. The Morgan fingerprint density at radius 3 is 2.70 bits per heavy atom. The van der Waals surface area contributed by atoms with Crippen LogP contribution in [0.4, 0.5) is 5.82 Å². The third-order valence-corrected chi connectivity index (χ3v) is 3.67. The van der Waals surface area contributed by atoms with E-state index in [0.29, 0.717) is 11.6 Å². The lowest BCUT2D eigenvalue weighted by Crippen LogP contribution is -2.23. The van der Waals surface area contributed by atoms with E-state index in [1.807, 2.05) is 43.3 Å². The van der Waals surface area contributed by atoms with Gasteiger partial charge in [0.1, 0.15) is 0 Å². The molecule has 0 unspecified atom stereocenters. The minimum absolute atomic E-state index is 0.195. The number of hydrazone groups is 1. The number of fused-ring (bicyclic) bond motifs is 1. The number of benzene rings is 2. The first-order valence-electron chi connectivity index (χ1n) is 7.23. The number of hydrogen-bond acceptors (Lipinski definition) is 4. The van der Waals surface area contributed by atoms with Crippen molar-refractivity contribution < 1.29 is 0 Å². The van der Waals surface area contributed by atoms with E-state index in [1.54, 1.807) is 22.9 Å². The summed E-state index contributed by atoms with van der Waals surface area (Å²) >= 11 is 5.84. The van der Waals surface area contributed by atoms with Gasteiger partial charge in [0, 0.05) is 11.6 Å². The first-order valence-corrected chi connectivity index (χ1v) is 7.61. The molecule has 3 rings (SSSR count). The number of nitrogens with zero attached hydrogens (tertiary/aromatic N) is 3. The lowest BCUT2D eigenvalue weighted by atomic mass is 10.2. The van der Waals surface area contributed by atoms with E-state index < -0.39 is 0 Å². The van der Waals surface area contributed by atoms with Crippen molar-refractivity contribution in [2.24, 2.45) is 5.10 Å². The van der Waals surface area contributed by atoms with Crippen LogP contribution in [0.2, 0.25) is 5.02 Å². The predicted octanol–water partition coefficient (Wildman–Crippen LogP) is 3.52. The van der Waals surface area contributed by atoms with Crippen LogP contribution < -0.4 is 11.0 Å². The lowest BCUT2D eigenvalue weighted by molar-refractivity contribution is 0.754. The van der Waals surface area contributed by atoms with Gasteiger partial charge in [0.25, 0.3) is 5.56 Å². The molecule has 1 N–H and O–H groups in total. The highest BCUT2D eigenvalue weighted by atomic mass is 35.5. The van der Waals surface area contributed by atoms with Gasteiger partial charge in [-0.1, -0.05) is 35.9 Å². The van der Waals surface area contributed by atoms with Crippen molar-refractivity contribution in [2.45, 2.75) is 13.5 Å². The fraction of sp³-hybridized carbons (Fsp3) is 0.118. The highest BCUT2D eigenvalue weighted by Crippen LogP contribution is 2.12. The number of hydrogen-bond donors (Lipinski definition) is 1. The molecule has 116 valence electrons. The van der Waals surface area contributed by atoms with Gasteiger partial charge in [-0.3, -0.25) is 10.2 Å². The molecule has 0 atom stereocenters. The summed E-state index contributed by atoms with van der Waals surface area (Å²) in [4.78, 5) is 16.8. The number of nitrogens with one attached hydrogen (secondary N) is 1. The summed E-state index contributed by atoms with van der Waals surface area (Å²) in [7, 11) is 0. The summed E-state index contributed by atoms with van der Waals surface area (Å²) in [5.41, 5.74) is 4.97. The number of rotatable bonds is 4. The molecule has 0 aliphatic carbocycles. The minimum Gasteiger partial charge on any atom is -0.304 e. The summed E-state index contributed by atoms with van der Waals surface area (Å²) in [5, 5.41) is 4.75. The lowest BCUT2D eigenvalue weighted by Gasteiger charge is -2.09. The highest BCUT2D eigenvalue weighted by molar-refractivity contribution is 6.30. The Labute approximate surface area is 138 Å². The van der Waals surface area contributed by atoms with Crippen LogP contribution in [0.15, 0.2) is 58.4 Å². The summed E-state index contributed by atoms with van der Waals surface area (Å²) in [5.74, 6) is 0.204. The van der Waals surface area contributed by atoms with Crippen molar-refractivity contribution in [3.63, 3.8) is 0 Å². The van der Waals surface area contributed by atoms with Gasteiger partial charge in [-0.15, -0.1) is 0 Å². The zero-order valence-corrected chi connectivity index (χ0v) is 13.3. The SMILES string of the molecule is CCn1c(=O)c(N/N=C/c2ccc(Cl)cc2)nc2ccccc21. The summed E-state index contributed by atoms with van der Waals surface area (Å²) < 4.78 is 1.67. The Bertz CT molecular complexity index is 916. The summed E-state index contributed by atoms with van der Waals surface area (Å²) in [6.07, 6.45) is 1.61. The fourth-order valence-electron chi connectivity index (χ4n) is 2.30. The van der Waals surface area contributed by atoms with Crippen LogP contribution in [0.1, 0.15) is 12.5 Å². The first-order chi connectivity index (χ1) is 11.2. The van der Waals surface area contributed by atoms with Crippen LogP contribution >= 0.6 is 11.6 Å². The van der Waals surface area contributed by atoms with Crippen LogP contribution in [-0.4, -0.2) is 15.8 Å². The molecule has 2 aromatic carbocycles. The topological polar surface area (TPSA) is 59.3 Å². The molecule has 6 heteroatoms. The van der Waals surface area contributed by atoms with Crippen LogP contribution in [0.5, 0.6) is 0 Å². The van der Waals surface area contributed by atoms with E-state index in [9.17, 15) is 4.79 Å². The molecule has 0 spiro atoms. The molecule has 0 aliphatic heterocycles. The molecule has 0 saturated heterocycles. The molecule has 0 bridgehead atoms. The zero-order chi connectivity index (χ0) is 16.2. The molecule has 0 amide bonds. The van der Waals surface area contributed by atoms with Crippen LogP contribution in [0, 0.1) is 0 Å². The average molecular weight is 327 g/mol. The number of aryl methyl sites for hydroxylation is 1. The van der Waals surface area contributed by atoms with E-state index in [2.05, 4.69) is 15.5 Å². The highest BCUT2D eigenvalue weighted by Gasteiger charge is 2.08. The van der Waals surface area contributed by atoms with E-state index >= 15 is 0 Å². The largest absolute Gasteiger partial charge is 0.304 e. The summed E-state index contributed by atoms with van der Waals surface area (Å²) in [6, 6.07) is 14.8. The van der Waals surface area contributed by atoms with Crippen molar-refractivity contribution in [3.8, 4) is 0 Å². The average Bonchev–Trinajstić information content (AvgIpc) is 2.57. The van der Waals surface area contributed by atoms with Gasteiger partial charge < -0.3 is 4.57 Å². The quantitative estimate of drug-likeness (QED) is 0.589. The van der Waals surface area contributed by atoms with Gasteiger partial charge in [0.15, 0.2) is 0 Å². The predicted molar refractivity (Wildman–Crippen MR) is 94.3 cm³/mol. The Hall–Kier alpha value is -2.66. The molecule has 0 radical (unpaired) electrons. The smallest absolute Gasteiger partial charge is 0.295 e. The van der Waals surface area contributed by atoms with E-state index in [1.165, 1.54) is 0 Å². The maximum Gasteiger partial charge on any atom is 0.295 e.